The summed E-state index contributed by atoms with van der Waals surface area (Å²) >= 11 is 0. The third-order valence-electron chi connectivity index (χ3n) is 4.83. The van der Waals surface area contributed by atoms with Crippen molar-refractivity contribution in [3.63, 3.8) is 0 Å². The van der Waals surface area contributed by atoms with Crippen molar-refractivity contribution in [3.8, 4) is 11.5 Å². The van der Waals surface area contributed by atoms with Crippen molar-refractivity contribution < 1.29 is 34.1 Å². The Bertz CT molecular complexity index is 975. The lowest BCUT2D eigenvalue weighted by Gasteiger charge is -2.16. The third kappa shape index (κ3) is 6.78. The van der Waals surface area contributed by atoms with E-state index in [1.165, 1.54) is 26.2 Å². The Morgan fingerprint density at radius 3 is 2.59 bits per heavy atom. The van der Waals surface area contributed by atoms with Gasteiger partial charge < -0.3 is 25.0 Å². The fourth-order valence-corrected chi connectivity index (χ4v) is 3.01. The van der Waals surface area contributed by atoms with Crippen molar-refractivity contribution in [2.45, 2.75) is 45.8 Å². The van der Waals surface area contributed by atoms with Gasteiger partial charge in [0.1, 0.15) is 23.8 Å². The molecule has 1 heterocycles. The summed E-state index contributed by atoms with van der Waals surface area (Å²) in [7, 11) is 1.27. The van der Waals surface area contributed by atoms with E-state index in [2.05, 4.69) is 15.0 Å². The fourth-order valence-electron chi connectivity index (χ4n) is 3.01. The summed E-state index contributed by atoms with van der Waals surface area (Å²) in [6.45, 7) is 3.00. The van der Waals surface area contributed by atoms with Gasteiger partial charge in [-0.1, -0.05) is 13.0 Å². The van der Waals surface area contributed by atoms with E-state index < -0.39 is 17.9 Å². The van der Waals surface area contributed by atoms with Crippen molar-refractivity contribution in [3.05, 3.63) is 52.8 Å². The number of hydrogen-bond donors (Lipinski definition) is 3. The first-order chi connectivity index (χ1) is 15.3. The molecule has 0 bridgehead atoms. The van der Waals surface area contributed by atoms with Crippen LogP contribution in [0.5, 0.6) is 11.5 Å². The molecule has 1 aromatic heterocycles. The lowest BCUT2D eigenvalue weighted by atomic mass is 10.0. The molecular weight excluding hydrogens is 416 g/mol. The second-order valence-electron chi connectivity index (χ2n) is 7.16. The van der Waals surface area contributed by atoms with Gasteiger partial charge in [0, 0.05) is 12.5 Å². The highest BCUT2D eigenvalue weighted by molar-refractivity contribution is 5.97. The number of amides is 1. The van der Waals surface area contributed by atoms with Crippen LogP contribution in [-0.2, 0) is 22.6 Å². The first kappa shape index (κ1) is 24.8. The van der Waals surface area contributed by atoms with E-state index >= 15 is 0 Å². The van der Waals surface area contributed by atoms with E-state index in [0.29, 0.717) is 17.9 Å². The zero-order valence-electron chi connectivity index (χ0n) is 18.4. The van der Waals surface area contributed by atoms with E-state index in [4.69, 9.17) is 4.74 Å². The molecule has 0 aliphatic rings. The summed E-state index contributed by atoms with van der Waals surface area (Å²) in [5.74, 6) is -0.892. The molecule has 0 spiro atoms. The number of hydrogen-bond acceptors (Lipinski definition) is 8. The maximum absolute atomic E-state index is 12.5. The van der Waals surface area contributed by atoms with Crippen LogP contribution in [0, 0.1) is 0 Å². The molecule has 0 saturated carbocycles. The zero-order chi connectivity index (χ0) is 23.7. The van der Waals surface area contributed by atoms with Gasteiger partial charge in [-0.25, -0.2) is 4.98 Å². The van der Waals surface area contributed by atoms with Crippen molar-refractivity contribution >= 4 is 17.7 Å². The van der Waals surface area contributed by atoms with Gasteiger partial charge >= 0.3 is 5.97 Å². The average Bonchev–Trinajstić information content (AvgIpc) is 2.79. The number of rotatable bonds is 11. The Morgan fingerprint density at radius 2 is 1.97 bits per heavy atom. The second kappa shape index (κ2) is 11.8. The topological polar surface area (TPSA) is 135 Å². The number of esters is 1. The molecule has 0 aliphatic carbocycles. The number of ether oxygens (including phenoxy) is 2. The molecule has 0 saturated heterocycles. The zero-order valence-corrected chi connectivity index (χ0v) is 18.4. The normalized spacial score (nSPS) is 11.5. The molecule has 3 N–H and O–H groups in total. The SMILES string of the molecule is CCc1cc(C(C)=O)c(O)cc1OCc1cccc(C(=O)NC(CO)CCC(=O)OC)n1. The molecule has 2 rings (SSSR count). The molecule has 1 unspecified atom stereocenters. The number of aromatic nitrogens is 1. The molecule has 1 atom stereocenters. The third-order valence-corrected chi connectivity index (χ3v) is 4.83. The van der Waals surface area contributed by atoms with Gasteiger partial charge in [-0.05, 0) is 43.5 Å². The smallest absolute Gasteiger partial charge is 0.305 e. The van der Waals surface area contributed by atoms with Crippen LogP contribution in [0.1, 0.15) is 58.8 Å². The maximum Gasteiger partial charge on any atom is 0.305 e. The number of ketones is 1. The molecule has 32 heavy (non-hydrogen) atoms. The number of carbonyl (C=O) groups is 3. The maximum atomic E-state index is 12.5. The molecule has 1 aromatic carbocycles. The van der Waals surface area contributed by atoms with Crippen LogP contribution in [0.4, 0.5) is 0 Å². The first-order valence-electron chi connectivity index (χ1n) is 10.2. The van der Waals surface area contributed by atoms with Crippen molar-refractivity contribution in [1.82, 2.24) is 10.3 Å². The van der Waals surface area contributed by atoms with Gasteiger partial charge in [-0.2, -0.15) is 0 Å². The molecule has 1 amide bonds. The van der Waals surface area contributed by atoms with E-state index in [-0.39, 0.29) is 48.8 Å². The Balaban J connectivity index is 2.07. The number of carbonyl (C=O) groups excluding carboxylic acids is 3. The number of nitrogens with one attached hydrogen (secondary N) is 1. The highest BCUT2D eigenvalue weighted by Gasteiger charge is 2.17. The molecule has 0 aliphatic heterocycles. The predicted molar refractivity (Wildman–Crippen MR) is 116 cm³/mol. The predicted octanol–water partition coefficient (Wildman–Crippen LogP) is 2.18. The minimum atomic E-state index is -0.613. The van der Waals surface area contributed by atoms with Crippen LogP contribution in [0.15, 0.2) is 30.3 Å². The summed E-state index contributed by atoms with van der Waals surface area (Å²) < 4.78 is 10.4. The van der Waals surface area contributed by atoms with E-state index in [9.17, 15) is 24.6 Å². The molecule has 2 aromatic rings. The largest absolute Gasteiger partial charge is 0.507 e. The minimum absolute atomic E-state index is 0.0404. The number of benzene rings is 1. The second-order valence-corrected chi connectivity index (χ2v) is 7.16. The van der Waals surface area contributed by atoms with Gasteiger partial charge in [0.2, 0.25) is 0 Å². The number of phenols is 1. The minimum Gasteiger partial charge on any atom is -0.507 e. The van der Waals surface area contributed by atoms with E-state index in [1.54, 1.807) is 18.2 Å². The fraction of sp³-hybridized carbons (Fsp3) is 0.391. The van der Waals surface area contributed by atoms with Gasteiger partial charge in [0.05, 0.1) is 31.0 Å². The van der Waals surface area contributed by atoms with Crippen LogP contribution in [0.25, 0.3) is 0 Å². The summed E-state index contributed by atoms with van der Waals surface area (Å²) in [4.78, 5) is 39.7. The van der Waals surface area contributed by atoms with Crippen LogP contribution in [0.3, 0.4) is 0 Å². The number of methoxy groups -OCH3 is 1. The quantitative estimate of drug-likeness (QED) is 0.355. The Morgan fingerprint density at radius 1 is 1.22 bits per heavy atom. The number of pyridine rings is 1. The Labute approximate surface area is 186 Å². The molecule has 0 radical (unpaired) electrons. The van der Waals surface area contributed by atoms with Crippen molar-refractivity contribution in [2.24, 2.45) is 0 Å². The summed E-state index contributed by atoms with van der Waals surface area (Å²) in [6.07, 6.45) is 0.898. The van der Waals surface area contributed by atoms with E-state index in [1.807, 2.05) is 6.92 Å². The highest BCUT2D eigenvalue weighted by atomic mass is 16.5. The van der Waals surface area contributed by atoms with Crippen LogP contribution in [-0.4, -0.2) is 52.6 Å². The number of aryl methyl sites for hydroxylation is 1. The Kier molecular flexibility index (Phi) is 9.15. The molecule has 172 valence electrons. The lowest BCUT2D eigenvalue weighted by molar-refractivity contribution is -0.140. The number of aliphatic hydroxyl groups is 1. The lowest BCUT2D eigenvalue weighted by Crippen LogP contribution is -2.38. The summed E-state index contributed by atoms with van der Waals surface area (Å²) in [5, 5.41) is 22.2. The van der Waals surface area contributed by atoms with Crippen molar-refractivity contribution in [1.29, 1.82) is 0 Å². The monoisotopic (exact) mass is 444 g/mol. The van der Waals surface area contributed by atoms with Crippen LogP contribution in [0.2, 0.25) is 0 Å². The molecule has 9 nitrogen and oxygen atoms in total. The number of phenolic OH excluding ortho intramolecular Hbond substituents is 1. The van der Waals surface area contributed by atoms with Gasteiger partial charge in [0.15, 0.2) is 5.78 Å². The van der Waals surface area contributed by atoms with Crippen LogP contribution >= 0.6 is 0 Å². The van der Waals surface area contributed by atoms with Crippen LogP contribution < -0.4 is 10.1 Å². The molecule has 0 fully saturated rings. The van der Waals surface area contributed by atoms with Crippen molar-refractivity contribution in [2.75, 3.05) is 13.7 Å². The molecular formula is C23H28N2O7. The first-order valence-corrected chi connectivity index (χ1v) is 10.2. The van der Waals surface area contributed by atoms with Gasteiger partial charge in [-0.15, -0.1) is 0 Å². The Hall–Kier alpha value is -3.46. The summed E-state index contributed by atoms with van der Waals surface area (Å²) in [6, 6.07) is 7.26. The highest BCUT2D eigenvalue weighted by Crippen LogP contribution is 2.29. The summed E-state index contributed by atoms with van der Waals surface area (Å²) in [5.41, 5.74) is 1.60. The molecule has 9 heteroatoms. The standard InChI is InChI=1S/C23H28N2O7/c1-4-15-10-18(14(2)27)20(28)11-21(15)32-13-17-6-5-7-19(24-17)23(30)25-16(12-26)8-9-22(29)31-3/h5-7,10-11,16,26,28H,4,8-9,12-13H2,1-3H3,(H,25,30). The van der Waals surface area contributed by atoms with Gasteiger partial charge in [0.25, 0.3) is 5.91 Å². The number of aliphatic hydroxyl groups excluding tert-OH is 1. The number of nitrogens with zero attached hydrogens (tertiary/aromatic N) is 1. The van der Waals surface area contributed by atoms with Gasteiger partial charge in [-0.3, -0.25) is 14.4 Å². The number of aromatic hydroxyl groups is 1. The van der Waals surface area contributed by atoms with E-state index in [0.717, 1.165) is 5.56 Å². The average molecular weight is 444 g/mol. The number of Topliss-reactive ketones (excluding diaryl/α,β-unsaturated/α-hetero) is 1.